The number of carbonyl (C=O) groups is 2. The Morgan fingerprint density at radius 1 is 0.976 bits per heavy atom. The second-order valence-corrected chi connectivity index (χ2v) is 10.4. The normalized spacial score (nSPS) is 11.1. The first kappa shape index (κ1) is 28.4. The van der Waals surface area contributed by atoms with Gasteiger partial charge < -0.3 is 14.5 Å². The summed E-state index contributed by atoms with van der Waals surface area (Å²) < 4.78 is 12.0. The monoisotopic (exact) mass is 649 g/mol. The van der Waals surface area contributed by atoms with Crippen molar-refractivity contribution in [2.24, 2.45) is 5.10 Å². The summed E-state index contributed by atoms with van der Waals surface area (Å²) in [5, 5.41) is 6.03. The Morgan fingerprint density at radius 3 is 2.51 bits per heavy atom. The van der Waals surface area contributed by atoms with Crippen LogP contribution >= 0.6 is 39.1 Å². The van der Waals surface area contributed by atoms with Gasteiger partial charge in [0, 0.05) is 31.0 Å². The predicted molar refractivity (Wildman–Crippen MR) is 166 cm³/mol. The Morgan fingerprint density at radius 2 is 1.76 bits per heavy atom. The molecule has 0 radical (unpaired) electrons. The number of carbonyl (C=O) groups excluding carboxylic acids is 2. The van der Waals surface area contributed by atoms with E-state index < -0.39 is 11.9 Å². The summed E-state index contributed by atoms with van der Waals surface area (Å²) in [6.45, 7) is 2.17. The minimum atomic E-state index is -0.546. The molecule has 0 aliphatic heterocycles. The van der Waals surface area contributed by atoms with Gasteiger partial charge in [-0.15, -0.1) is 0 Å². The third kappa shape index (κ3) is 6.30. The SMILES string of the molecule is CCOc1cc(C=NNC(=O)c2[nH]c3c(Br)cccc3c2-c2ccccc2Cl)ccc1OC(=O)c1ccc(Cl)cc1. The summed E-state index contributed by atoms with van der Waals surface area (Å²) in [5.74, 6) is -0.388. The number of hydrogen-bond acceptors (Lipinski definition) is 5. The van der Waals surface area contributed by atoms with Gasteiger partial charge in [0.2, 0.25) is 0 Å². The van der Waals surface area contributed by atoms with Crippen molar-refractivity contribution < 1.29 is 19.1 Å². The standard InChI is InChI=1S/C31H22BrCl2N3O4/c1-2-40-26-16-18(10-15-25(26)41-31(39)19-11-13-20(33)14-12-19)17-35-37-30(38)29-27(21-6-3-4-9-24(21)34)22-7-5-8-23(32)28(22)36-29/h3-17,36H,2H2,1H3,(H,37,38). The fourth-order valence-corrected chi connectivity index (χ4v) is 5.04. The number of benzene rings is 4. The Hall–Kier alpha value is -4.11. The highest BCUT2D eigenvalue weighted by molar-refractivity contribution is 9.10. The number of hydrogen-bond donors (Lipinski definition) is 2. The Labute approximate surface area is 254 Å². The van der Waals surface area contributed by atoms with Gasteiger partial charge in [-0.2, -0.15) is 5.10 Å². The molecule has 0 bridgehead atoms. The van der Waals surface area contributed by atoms with Gasteiger partial charge in [0.05, 0.1) is 23.9 Å². The summed E-state index contributed by atoms with van der Waals surface area (Å²) in [4.78, 5) is 29.1. The maximum Gasteiger partial charge on any atom is 0.343 e. The minimum Gasteiger partial charge on any atom is -0.490 e. The van der Waals surface area contributed by atoms with Crippen LogP contribution in [0.3, 0.4) is 0 Å². The van der Waals surface area contributed by atoms with Crippen LogP contribution in [0.5, 0.6) is 11.5 Å². The van der Waals surface area contributed by atoms with Gasteiger partial charge in [0.25, 0.3) is 5.91 Å². The van der Waals surface area contributed by atoms with Gasteiger partial charge in [0.15, 0.2) is 11.5 Å². The average molecular weight is 651 g/mol. The third-order valence-electron chi connectivity index (χ3n) is 6.08. The molecule has 1 amide bonds. The Kier molecular flexibility index (Phi) is 8.73. The van der Waals surface area contributed by atoms with Crippen molar-refractivity contribution >= 4 is 68.1 Å². The molecule has 1 aromatic heterocycles. The summed E-state index contributed by atoms with van der Waals surface area (Å²) in [6.07, 6.45) is 1.47. The van der Waals surface area contributed by atoms with E-state index in [0.717, 1.165) is 20.9 Å². The molecular formula is C31H22BrCl2N3O4. The zero-order valence-electron chi connectivity index (χ0n) is 21.6. The molecule has 0 aliphatic rings. The molecule has 7 nitrogen and oxygen atoms in total. The number of amides is 1. The lowest BCUT2D eigenvalue weighted by molar-refractivity contribution is 0.0728. The summed E-state index contributed by atoms with van der Waals surface area (Å²) in [7, 11) is 0. The first-order valence-corrected chi connectivity index (χ1v) is 14.0. The molecule has 0 unspecified atom stereocenters. The van der Waals surface area contributed by atoms with E-state index in [1.54, 1.807) is 48.5 Å². The van der Waals surface area contributed by atoms with Crippen molar-refractivity contribution in [2.45, 2.75) is 6.92 Å². The van der Waals surface area contributed by atoms with Crippen LogP contribution in [0, 0.1) is 0 Å². The largest absolute Gasteiger partial charge is 0.490 e. The van der Waals surface area contributed by atoms with Crippen LogP contribution in [0.2, 0.25) is 10.0 Å². The molecule has 206 valence electrons. The molecule has 4 aromatic carbocycles. The number of nitrogens with one attached hydrogen (secondary N) is 2. The number of aromatic amines is 1. The van der Waals surface area contributed by atoms with Crippen molar-refractivity contribution in [1.29, 1.82) is 0 Å². The molecular weight excluding hydrogens is 629 g/mol. The van der Waals surface area contributed by atoms with Gasteiger partial charge >= 0.3 is 5.97 Å². The maximum absolute atomic E-state index is 13.3. The third-order valence-corrected chi connectivity index (χ3v) is 7.33. The summed E-state index contributed by atoms with van der Waals surface area (Å²) >= 11 is 16.0. The smallest absolute Gasteiger partial charge is 0.343 e. The average Bonchev–Trinajstić information content (AvgIpc) is 3.36. The van der Waals surface area contributed by atoms with E-state index in [9.17, 15) is 9.59 Å². The van der Waals surface area contributed by atoms with E-state index in [1.807, 2.05) is 43.3 Å². The molecule has 1 heterocycles. The quantitative estimate of drug-likeness (QED) is 0.0765. The second-order valence-electron chi connectivity index (χ2n) is 8.75. The molecule has 0 atom stereocenters. The van der Waals surface area contributed by atoms with Crippen LogP contribution in [0.1, 0.15) is 33.3 Å². The number of halogens is 3. The highest BCUT2D eigenvalue weighted by atomic mass is 79.9. The van der Waals surface area contributed by atoms with Gasteiger partial charge in [0.1, 0.15) is 5.69 Å². The number of rotatable bonds is 8. The number of H-pyrrole nitrogens is 1. The number of nitrogens with zero attached hydrogens (tertiary/aromatic N) is 1. The van der Waals surface area contributed by atoms with Crippen molar-refractivity contribution in [3.63, 3.8) is 0 Å². The fourth-order valence-electron chi connectivity index (χ4n) is 4.22. The highest BCUT2D eigenvalue weighted by Crippen LogP contribution is 2.38. The Balaban J connectivity index is 1.38. The fraction of sp³-hybridized carbons (Fsp3) is 0.0645. The van der Waals surface area contributed by atoms with Crippen molar-refractivity contribution in [2.75, 3.05) is 6.61 Å². The number of esters is 1. The van der Waals surface area contributed by atoms with Crippen LogP contribution in [0.4, 0.5) is 0 Å². The van der Waals surface area contributed by atoms with Crippen LogP contribution < -0.4 is 14.9 Å². The number of fused-ring (bicyclic) bond motifs is 1. The van der Waals surface area contributed by atoms with E-state index in [1.165, 1.54) is 6.21 Å². The van der Waals surface area contributed by atoms with Crippen LogP contribution in [0.15, 0.2) is 94.5 Å². The van der Waals surface area contributed by atoms with Crippen LogP contribution in [0.25, 0.3) is 22.0 Å². The zero-order valence-corrected chi connectivity index (χ0v) is 24.7. The molecule has 0 spiro atoms. The predicted octanol–water partition coefficient (Wildman–Crippen LogP) is 8.29. The van der Waals surface area contributed by atoms with E-state index >= 15 is 0 Å². The van der Waals surface area contributed by atoms with Gasteiger partial charge in [-0.3, -0.25) is 4.79 Å². The molecule has 0 aliphatic carbocycles. The zero-order chi connectivity index (χ0) is 28.9. The number of ether oxygens (including phenoxy) is 2. The summed E-state index contributed by atoms with van der Waals surface area (Å²) in [6, 6.07) is 24.4. The van der Waals surface area contributed by atoms with E-state index in [-0.39, 0.29) is 5.75 Å². The lowest BCUT2D eigenvalue weighted by atomic mass is 10.0. The maximum atomic E-state index is 13.3. The highest BCUT2D eigenvalue weighted by Gasteiger charge is 2.21. The number of hydrazone groups is 1. The van der Waals surface area contributed by atoms with Crippen LogP contribution in [-0.2, 0) is 0 Å². The molecule has 0 saturated carbocycles. The first-order valence-electron chi connectivity index (χ1n) is 12.5. The second kappa shape index (κ2) is 12.6. The minimum absolute atomic E-state index is 0.251. The van der Waals surface area contributed by atoms with Crippen LogP contribution in [-0.4, -0.2) is 29.7 Å². The first-order chi connectivity index (χ1) is 19.9. The molecule has 5 rings (SSSR count). The Bertz CT molecular complexity index is 1780. The molecule has 5 aromatic rings. The molecule has 0 saturated heterocycles. The lowest BCUT2D eigenvalue weighted by Crippen LogP contribution is -2.19. The topological polar surface area (TPSA) is 92.8 Å². The lowest BCUT2D eigenvalue weighted by Gasteiger charge is -2.11. The van der Waals surface area contributed by atoms with Crippen molar-refractivity contribution in [3.05, 3.63) is 116 Å². The molecule has 10 heteroatoms. The molecule has 2 N–H and O–H groups in total. The van der Waals surface area contributed by atoms with Gasteiger partial charge in [-0.05, 0) is 83.0 Å². The number of para-hydroxylation sites is 1. The van der Waals surface area contributed by atoms with Gasteiger partial charge in [-0.25, -0.2) is 10.2 Å². The van der Waals surface area contributed by atoms with E-state index in [4.69, 9.17) is 32.7 Å². The number of aromatic nitrogens is 1. The van der Waals surface area contributed by atoms with Crippen molar-refractivity contribution in [1.82, 2.24) is 10.4 Å². The van der Waals surface area contributed by atoms with E-state index in [2.05, 4.69) is 31.4 Å². The van der Waals surface area contributed by atoms with Crippen molar-refractivity contribution in [3.8, 4) is 22.6 Å². The molecule has 0 fully saturated rings. The van der Waals surface area contributed by atoms with E-state index in [0.29, 0.717) is 44.8 Å². The molecule has 41 heavy (non-hydrogen) atoms. The van der Waals surface area contributed by atoms with Gasteiger partial charge in [-0.1, -0.05) is 53.5 Å². The summed E-state index contributed by atoms with van der Waals surface area (Å²) in [5.41, 5.74) is 6.03.